The fraction of sp³-hybridized carbons (Fsp3) is 0.364. The minimum Gasteiger partial charge on any atom is -0.493 e. The quantitative estimate of drug-likeness (QED) is 0.727. The van der Waals surface area contributed by atoms with Crippen molar-refractivity contribution in [2.75, 3.05) is 7.11 Å². The highest BCUT2D eigenvalue weighted by Gasteiger charge is 2.33. The fourth-order valence-electron chi connectivity index (χ4n) is 3.47. The van der Waals surface area contributed by atoms with Crippen LogP contribution < -0.4 is 14.8 Å². The van der Waals surface area contributed by atoms with Gasteiger partial charge >= 0.3 is 11.9 Å². The molecule has 1 aromatic carbocycles. The van der Waals surface area contributed by atoms with Crippen LogP contribution in [0, 0.1) is 0 Å². The van der Waals surface area contributed by atoms with Crippen LogP contribution in [0.15, 0.2) is 36.5 Å². The molecule has 30 heavy (non-hydrogen) atoms. The van der Waals surface area contributed by atoms with Gasteiger partial charge in [-0.2, -0.15) is 0 Å². The van der Waals surface area contributed by atoms with Crippen molar-refractivity contribution in [2.24, 2.45) is 0 Å². The lowest BCUT2D eigenvalue weighted by Gasteiger charge is -2.20. The molecule has 1 aromatic heterocycles. The van der Waals surface area contributed by atoms with Crippen molar-refractivity contribution in [1.82, 2.24) is 10.3 Å². The monoisotopic (exact) mass is 412 g/mol. The molecule has 1 N–H and O–H groups in total. The largest absolute Gasteiger partial charge is 0.493 e. The van der Waals surface area contributed by atoms with Crippen LogP contribution >= 0.6 is 0 Å². The van der Waals surface area contributed by atoms with Gasteiger partial charge < -0.3 is 19.5 Å². The number of carbonyl (C=O) groups excluding carboxylic acids is 3. The van der Waals surface area contributed by atoms with Gasteiger partial charge in [0.05, 0.1) is 7.11 Å². The molecule has 0 bridgehead atoms. The highest BCUT2D eigenvalue weighted by molar-refractivity contribution is 5.98. The van der Waals surface area contributed by atoms with Crippen LogP contribution in [0.5, 0.6) is 11.5 Å². The van der Waals surface area contributed by atoms with Crippen molar-refractivity contribution < 1.29 is 28.6 Å². The van der Waals surface area contributed by atoms with Crippen LogP contribution in [-0.4, -0.2) is 42.1 Å². The number of aromatic nitrogens is 1. The lowest BCUT2D eigenvalue weighted by molar-refractivity contribution is -0.151. The van der Waals surface area contributed by atoms with Gasteiger partial charge in [0.25, 0.3) is 5.91 Å². The summed E-state index contributed by atoms with van der Waals surface area (Å²) >= 11 is 0. The molecule has 3 atom stereocenters. The number of ether oxygens (including phenoxy) is 3. The Morgan fingerprint density at radius 2 is 1.93 bits per heavy atom. The van der Waals surface area contributed by atoms with Gasteiger partial charge in [-0.3, -0.25) is 9.59 Å². The van der Waals surface area contributed by atoms with Crippen molar-refractivity contribution in [3.05, 3.63) is 53.3 Å². The topological polar surface area (TPSA) is 104 Å². The Hall–Kier alpha value is -3.42. The molecule has 1 amide bonds. The first-order valence-electron chi connectivity index (χ1n) is 9.62. The third kappa shape index (κ3) is 4.42. The Bertz CT molecular complexity index is 974. The number of esters is 2. The molecule has 1 aliphatic rings. The lowest BCUT2D eigenvalue weighted by atomic mass is 10.0. The average Bonchev–Trinajstić information content (AvgIpc) is 3.03. The molecule has 0 fully saturated rings. The number of carbonyl (C=O) groups is 3. The van der Waals surface area contributed by atoms with E-state index in [9.17, 15) is 14.4 Å². The smallest absolute Gasteiger partial charge is 0.328 e. The number of hydrogen-bond donors (Lipinski definition) is 1. The van der Waals surface area contributed by atoms with E-state index >= 15 is 0 Å². The second-order valence-electron chi connectivity index (χ2n) is 7.15. The summed E-state index contributed by atoms with van der Waals surface area (Å²) in [4.78, 5) is 40.6. The summed E-state index contributed by atoms with van der Waals surface area (Å²) in [5.41, 5.74) is 2.16. The zero-order valence-electron chi connectivity index (χ0n) is 17.3. The number of hydrogen-bond acceptors (Lipinski definition) is 7. The minimum absolute atomic E-state index is 0.0728. The number of nitrogens with one attached hydrogen (secondary N) is 1. The molecule has 0 unspecified atom stereocenters. The third-order valence-electron chi connectivity index (χ3n) is 5.04. The average molecular weight is 412 g/mol. The van der Waals surface area contributed by atoms with Crippen LogP contribution in [0.1, 0.15) is 48.3 Å². The maximum absolute atomic E-state index is 12.7. The van der Waals surface area contributed by atoms with Crippen molar-refractivity contribution >= 4 is 17.8 Å². The molecule has 1 heterocycles. The highest BCUT2D eigenvalue weighted by Crippen LogP contribution is 2.35. The van der Waals surface area contributed by atoms with E-state index in [1.54, 1.807) is 0 Å². The van der Waals surface area contributed by atoms with Crippen LogP contribution in [0.4, 0.5) is 0 Å². The van der Waals surface area contributed by atoms with Crippen LogP contribution in [0.3, 0.4) is 0 Å². The molecule has 8 heteroatoms. The van der Waals surface area contributed by atoms with Gasteiger partial charge in [-0.25, -0.2) is 9.78 Å². The Morgan fingerprint density at radius 3 is 2.60 bits per heavy atom. The summed E-state index contributed by atoms with van der Waals surface area (Å²) < 4.78 is 15.9. The SMILES string of the molecule is COc1ccnc(C(=O)N[C@@H](C)C(=O)O[C@H]2Cc3ccccc3[C@@H]2C)c1OC(C)=O. The second kappa shape index (κ2) is 8.94. The molecule has 8 nitrogen and oxygen atoms in total. The number of benzene rings is 1. The van der Waals surface area contributed by atoms with Gasteiger partial charge in [0.15, 0.2) is 11.4 Å². The van der Waals surface area contributed by atoms with Crippen molar-refractivity contribution in [2.45, 2.75) is 45.3 Å². The molecule has 3 rings (SSSR count). The molecule has 158 valence electrons. The first-order valence-corrected chi connectivity index (χ1v) is 9.62. The minimum atomic E-state index is -0.924. The number of fused-ring (bicyclic) bond motifs is 1. The molecule has 2 aromatic rings. The first kappa shape index (κ1) is 21.3. The third-order valence-corrected chi connectivity index (χ3v) is 5.04. The van der Waals surface area contributed by atoms with Gasteiger partial charge in [-0.1, -0.05) is 31.2 Å². The summed E-state index contributed by atoms with van der Waals surface area (Å²) in [5, 5.41) is 2.55. The maximum Gasteiger partial charge on any atom is 0.328 e. The Morgan fingerprint density at radius 1 is 1.20 bits per heavy atom. The van der Waals surface area contributed by atoms with E-state index in [0.29, 0.717) is 6.42 Å². The van der Waals surface area contributed by atoms with E-state index in [4.69, 9.17) is 14.2 Å². The standard InChI is InChI=1S/C22H24N2O6/c1-12-16-8-6-5-7-15(16)11-18(12)30-22(27)13(2)24-21(26)19-20(29-14(3)25)17(28-4)9-10-23-19/h5-10,12-13,18H,11H2,1-4H3,(H,24,26)/t12-,13-,18-/m0/s1. The maximum atomic E-state index is 12.7. The van der Waals surface area contributed by atoms with Crippen LogP contribution in [0.2, 0.25) is 0 Å². The number of rotatable bonds is 6. The fourth-order valence-corrected chi connectivity index (χ4v) is 3.47. The Balaban J connectivity index is 1.68. The summed E-state index contributed by atoms with van der Waals surface area (Å²) in [6.45, 7) is 4.74. The van der Waals surface area contributed by atoms with Gasteiger partial charge in [0, 0.05) is 31.5 Å². The van der Waals surface area contributed by atoms with Gasteiger partial charge in [0.1, 0.15) is 12.1 Å². The van der Waals surface area contributed by atoms with Crippen molar-refractivity contribution in [1.29, 1.82) is 0 Å². The van der Waals surface area contributed by atoms with Gasteiger partial charge in [0.2, 0.25) is 5.75 Å². The van der Waals surface area contributed by atoms with E-state index in [0.717, 1.165) is 5.56 Å². The predicted molar refractivity (Wildman–Crippen MR) is 107 cm³/mol. The zero-order valence-corrected chi connectivity index (χ0v) is 17.3. The predicted octanol–water partition coefficient (Wildman–Crippen LogP) is 2.41. The number of nitrogens with zero attached hydrogens (tertiary/aromatic N) is 1. The summed E-state index contributed by atoms with van der Waals surface area (Å²) in [6.07, 6.45) is 1.69. The second-order valence-corrected chi connectivity index (χ2v) is 7.15. The summed E-state index contributed by atoms with van der Waals surface area (Å²) in [6, 6.07) is 8.52. The summed E-state index contributed by atoms with van der Waals surface area (Å²) in [5.74, 6) is -1.72. The molecular formula is C22H24N2O6. The molecule has 0 spiro atoms. The lowest BCUT2D eigenvalue weighted by Crippen LogP contribution is -2.41. The van der Waals surface area contributed by atoms with Crippen molar-refractivity contribution in [3.63, 3.8) is 0 Å². The molecular weight excluding hydrogens is 388 g/mol. The van der Waals surface area contributed by atoms with Crippen molar-refractivity contribution in [3.8, 4) is 11.5 Å². The normalized spacial score (nSPS) is 18.1. The zero-order chi connectivity index (χ0) is 21.8. The van der Waals surface area contributed by atoms with Gasteiger partial charge in [-0.15, -0.1) is 0 Å². The molecule has 1 aliphatic carbocycles. The Kier molecular flexibility index (Phi) is 6.34. The highest BCUT2D eigenvalue weighted by atomic mass is 16.6. The van der Waals surface area contributed by atoms with Gasteiger partial charge in [-0.05, 0) is 18.1 Å². The summed E-state index contributed by atoms with van der Waals surface area (Å²) in [7, 11) is 1.38. The number of pyridine rings is 1. The van der Waals surface area contributed by atoms with E-state index < -0.39 is 23.9 Å². The van der Waals surface area contributed by atoms with Crippen LogP contribution in [-0.2, 0) is 20.7 Å². The molecule has 0 saturated carbocycles. The van der Waals surface area contributed by atoms with E-state index in [1.807, 2.05) is 31.2 Å². The van der Waals surface area contributed by atoms with E-state index in [1.165, 1.54) is 38.8 Å². The van der Waals surface area contributed by atoms with E-state index in [-0.39, 0.29) is 29.2 Å². The Labute approximate surface area is 174 Å². The first-order chi connectivity index (χ1) is 14.3. The van der Waals surface area contributed by atoms with Crippen LogP contribution in [0.25, 0.3) is 0 Å². The molecule has 0 saturated heterocycles. The molecule has 0 radical (unpaired) electrons. The molecule has 0 aliphatic heterocycles. The number of amides is 1. The number of methoxy groups -OCH3 is 1. The van der Waals surface area contributed by atoms with E-state index in [2.05, 4.69) is 10.3 Å².